The number of pyridine rings is 1. The van der Waals surface area contributed by atoms with E-state index < -0.39 is 9.84 Å². The van der Waals surface area contributed by atoms with Crippen molar-refractivity contribution in [2.45, 2.75) is 11.4 Å². The quantitative estimate of drug-likeness (QED) is 0.923. The van der Waals surface area contributed by atoms with E-state index in [2.05, 4.69) is 10.3 Å². The van der Waals surface area contributed by atoms with Crippen LogP contribution < -0.4 is 5.32 Å². The first kappa shape index (κ1) is 12.1. The van der Waals surface area contributed by atoms with E-state index >= 15 is 0 Å². The molecule has 0 amide bonds. The van der Waals surface area contributed by atoms with E-state index in [0.29, 0.717) is 12.4 Å². The van der Waals surface area contributed by atoms with Gasteiger partial charge in [-0.05, 0) is 23.6 Å². The Hall–Kier alpha value is -1.40. The summed E-state index contributed by atoms with van der Waals surface area (Å²) >= 11 is 1.62. The number of hydrogen-bond donors (Lipinski definition) is 1. The molecule has 0 spiro atoms. The molecule has 0 fully saturated rings. The Kier molecular flexibility index (Phi) is 3.44. The summed E-state index contributed by atoms with van der Waals surface area (Å²) in [7, 11) is -3.25. The fraction of sp³-hybridized carbons (Fsp3) is 0.182. The fourth-order valence-corrected chi connectivity index (χ4v) is 2.85. The summed E-state index contributed by atoms with van der Waals surface area (Å²) in [4.78, 5) is 5.43. The van der Waals surface area contributed by atoms with Crippen LogP contribution in [-0.4, -0.2) is 19.7 Å². The van der Waals surface area contributed by atoms with Gasteiger partial charge in [0.1, 0.15) is 10.7 Å². The lowest BCUT2D eigenvalue weighted by Crippen LogP contribution is -2.07. The van der Waals surface area contributed by atoms with Crippen molar-refractivity contribution >= 4 is 27.0 Å². The molecule has 0 atom stereocenters. The summed E-state index contributed by atoms with van der Waals surface area (Å²) in [6, 6.07) is 7.12. The number of rotatable bonds is 4. The third-order valence-electron chi connectivity index (χ3n) is 2.18. The monoisotopic (exact) mass is 268 g/mol. The lowest BCUT2D eigenvalue weighted by atomic mass is 10.4. The van der Waals surface area contributed by atoms with Crippen LogP contribution in [-0.2, 0) is 16.4 Å². The summed E-state index contributed by atoms with van der Waals surface area (Å²) in [5.41, 5.74) is 0. The Balaban J connectivity index is 2.22. The van der Waals surface area contributed by atoms with Crippen molar-refractivity contribution in [1.82, 2.24) is 4.98 Å². The van der Waals surface area contributed by atoms with E-state index in [1.807, 2.05) is 17.5 Å². The maximum atomic E-state index is 11.5. The van der Waals surface area contributed by atoms with E-state index in [1.165, 1.54) is 6.26 Å². The summed E-state index contributed by atoms with van der Waals surface area (Å²) in [6.07, 6.45) is 2.76. The van der Waals surface area contributed by atoms with Crippen molar-refractivity contribution < 1.29 is 8.42 Å². The van der Waals surface area contributed by atoms with Crippen molar-refractivity contribution in [1.29, 1.82) is 0 Å². The molecule has 0 saturated heterocycles. The van der Waals surface area contributed by atoms with Gasteiger partial charge >= 0.3 is 0 Å². The molecule has 0 bridgehead atoms. The number of thiophene rings is 1. The highest BCUT2D eigenvalue weighted by Crippen LogP contribution is 2.19. The van der Waals surface area contributed by atoms with Crippen molar-refractivity contribution in [3.63, 3.8) is 0 Å². The minimum Gasteiger partial charge on any atom is -0.364 e. The Morgan fingerprint density at radius 1 is 1.35 bits per heavy atom. The van der Waals surface area contributed by atoms with Gasteiger partial charge in [-0.3, -0.25) is 0 Å². The summed E-state index contributed by atoms with van der Waals surface area (Å²) in [6.45, 7) is 0.581. The standard InChI is InChI=1S/C11H12N2O2S2/c1-17(14,15)10-5-2-6-12-11(10)13-8-9-4-3-7-16-9/h2-7H,8H2,1H3,(H,12,13). The summed E-state index contributed by atoms with van der Waals surface area (Å²) in [5.74, 6) is 0.406. The van der Waals surface area contributed by atoms with Gasteiger partial charge in [0.2, 0.25) is 0 Å². The smallest absolute Gasteiger partial charge is 0.179 e. The first-order valence-corrected chi connectivity index (χ1v) is 7.76. The van der Waals surface area contributed by atoms with Crippen molar-refractivity contribution in [2.75, 3.05) is 11.6 Å². The van der Waals surface area contributed by atoms with Gasteiger partial charge in [-0.1, -0.05) is 6.07 Å². The SMILES string of the molecule is CS(=O)(=O)c1cccnc1NCc1cccs1. The number of nitrogens with zero attached hydrogens (tertiary/aromatic N) is 1. The van der Waals surface area contributed by atoms with Crippen LogP contribution in [0.25, 0.3) is 0 Å². The Morgan fingerprint density at radius 3 is 2.82 bits per heavy atom. The zero-order valence-corrected chi connectivity index (χ0v) is 10.9. The van der Waals surface area contributed by atoms with Crippen molar-refractivity contribution in [3.8, 4) is 0 Å². The van der Waals surface area contributed by atoms with Crippen LogP contribution in [0.4, 0.5) is 5.82 Å². The van der Waals surface area contributed by atoms with Gasteiger partial charge in [0, 0.05) is 17.3 Å². The molecule has 0 aromatic carbocycles. The third-order valence-corrected chi connectivity index (χ3v) is 4.19. The predicted molar refractivity (Wildman–Crippen MR) is 69.0 cm³/mol. The van der Waals surface area contributed by atoms with Gasteiger partial charge in [-0.25, -0.2) is 13.4 Å². The molecular weight excluding hydrogens is 256 g/mol. The highest BCUT2D eigenvalue weighted by atomic mass is 32.2. The van der Waals surface area contributed by atoms with Crippen LogP contribution in [0.1, 0.15) is 4.88 Å². The molecule has 4 nitrogen and oxygen atoms in total. The topological polar surface area (TPSA) is 59.1 Å². The number of aromatic nitrogens is 1. The van der Waals surface area contributed by atoms with E-state index in [-0.39, 0.29) is 4.90 Å². The Morgan fingerprint density at radius 2 is 2.18 bits per heavy atom. The molecule has 0 saturated carbocycles. The van der Waals surface area contributed by atoms with Crippen LogP contribution in [0, 0.1) is 0 Å². The second-order valence-electron chi connectivity index (χ2n) is 3.56. The molecule has 1 N–H and O–H groups in total. The minimum atomic E-state index is -3.25. The molecule has 2 aromatic heterocycles. The van der Waals surface area contributed by atoms with E-state index in [1.54, 1.807) is 29.7 Å². The molecule has 2 rings (SSSR count). The van der Waals surface area contributed by atoms with E-state index in [9.17, 15) is 8.42 Å². The lowest BCUT2D eigenvalue weighted by molar-refractivity contribution is 0.602. The highest BCUT2D eigenvalue weighted by molar-refractivity contribution is 7.90. The van der Waals surface area contributed by atoms with Gasteiger partial charge in [0.05, 0.1) is 6.54 Å². The second kappa shape index (κ2) is 4.85. The fourth-order valence-electron chi connectivity index (χ4n) is 1.41. The molecule has 2 aromatic rings. The maximum absolute atomic E-state index is 11.5. The molecule has 0 radical (unpaired) electrons. The van der Waals surface area contributed by atoms with E-state index in [0.717, 1.165) is 4.88 Å². The van der Waals surface area contributed by atoms with Crippen LogP contribution >= 0.6 is 11.3 Å². The second-order valence-corrected chi connectivity index (χ2v) is 6.57. The summed E-state index contributed by atoms with van der Waals surface area (Å²) < 4.78 is 23.1. The molecule has 0 aliphatic carbocycles. The predicted octanol–water partition coefficient (Wildman–Crippen LogP) is 2.16. The number of anilines is 1. The van der Waals surface area contributed by atoms with Crippen molar-refractivity contribution in [2.24, 2.45) is 0 Å². The van der Waals surface area contributed by atoms with Gasteiger partial charge in [-0.2, -0.15) is 0 Å². The Bertz CT molecular complexity index is 592. The van der Waals surface area contributed by atoms with Crippen LogP contribution in [0.3, 0.4) is 0 Å². The molecule has 90 valence electrons. The molecular formula is C11H12N2O2S2. The molecule has 0 unspecified atom stereocenters. The molecule has 2 heterocycles. The largest absolute Gasteiger partial charge is 0.364 e. The van der Waals surface area contributed by atoms with Crippen LogP contribution in [0.15, 0.2) is 40.7 Å². The zero-order valence-electron chi connectivity index (χ0n) is 9.25. The van der Waals surface area contributed by atoms with Gasteiger partial charge in [-0.15, -0.1) is 11.3 Å². The minimum absolute atomic E-state index is 0.233. The maximum Gasteiger partial charge on any atom is 0.179 e. The average Bonchev–Trinajstić information content (AvgIpc) is 2.78. The van der Waals surface area contributed by atoms with Crippen molar-refractivity contribution in [3.05, 3.63) is 40.7 Å². The summed E-state index contributed by atoms with van der Waals surface area (Å²) in [5, 5.41) is 5.02. The molecule has 6 heteroatoms. The van der Waals surface area contributed by atoms with Crippen LogP contribution in [0.5, 0.6) is 0 Å². The van der Waals surface area contributed by atoms with Crippen LogP contribution in [0.2, 0.25) is 0 Å². The number of hydrogen-bond acceptors (Lipinski definition) is 5. The Labute approximate surface area is 104 Å². The average molecular weight is 268 g/mol. The first-order chi connectivity index (χ1) is 8.07. The normalized spacial score (nSPS) is 11.4. The van der Waals surface area contributed by atoms with Gasteiger partial charge in [0.25, 0.3) is 0 Å². The van der Waals surface area contributed by atoms with E-state index in [4.69, 9.17) is 0 Å². The third kappa shape index (κ3) is 3.04. The highest BCUT2D eigenvalue weighted by Gasteiger charge is 2.13. The zero-order chi connectivity index (χ0) is 12.3. The first-order valence-electron chi connectivity index (χ1n) is 4.99. The molecule has 0 aliphatic heterocycles. The van der Waals surface area contributed by atoms with Gasteiger partial charge in [0.15, 0.2) is 9.84 Å². The molecule has 17 heavy (non-hydrogen) atoms. The lowest BCUT2D eigenvalue weighted by Gasteiger charge is -2.08. The molecule has 0 aliphatic rings. The number of sulfone groups is 1. The van der Waals surface area contributed by atoms with Gasteiger partial charge < -0.3 is 5.32 Å². The number of nitrogens with one attached hydrogen (secondary N) is 1.